The summed E-state index contributed by atoms with van der Waals surface area (Å²) in [5, 5.41) is 12.0. The second-order valence-corrected chi connectivity index (χ2v) is 8.50. The Labute approximate surface area is 162 Å². The second-order valence-electron chi connectivity index (χ2n) is 8.50. The average Bonchev–Trinajstić information content (AvgIpc) is 3.14. The predicted molar refractivity (Wildman–Crippen MR) is 108 cm³/mol. The number of nitrogens with zero attached hydrogens (tertiary/aromatic N) is 3. The molecule has 3 aromatic rings. The number of nitrogens with one attached hydrogen (secondary N) is 2. The van der Waals surface area contributed by atoms with Gasteiger partial charge in [-0.3, -0.25) is 19.4 Å². The third-order valence-corrected chi connectivity index (χ3v) is 5.18. The molecule has 3 heterocycles. The summed E-state index contributed by atoms with van der Waals surface area (Å²) in [7, 11) is 0. The number of aromatic nitrogens is 3. The zero-order valence-corrected chi connectivity index (χ0v) is 16.5. The molecule has 28 heavy (non-hydrogen) atoms. The molecule has 1 aliphatic carbocycles. The number of rotatable bonds is 2. The van der Waals surface area contributed by atoms with Gasteiger partial charge in [-0.05, 0) is 51.8 Å². The Hall–Kier alpha value is -2.96. The molecule has 0 aliphatic heterocycles. The molecule has 3 aromatic heterocycles. The molecule has 0 radical (unpaired) electrons. The minimum Gasteiger partial charge on any atom is -0.347 e. The summed E-state index contributed by atoms with van der Waals surface area (Å²) in [6.07, 6.45) is 5.67. The van der Waals surface area contributed by atoms with E-state index in [4.69, 9.17) is 10.4 Å². The van der Waals surface area contributed by atoms with Gasteiger partial charge in [-0.15, -0.1) is 0 Å². The van der Waals surface area contributed by atoms with Gasteiger partial charge in [0.25, 0.3) is 11.5 Å². The SMILES string of the molecule is CC(C)(C)NC(=O)c1cc2c(=O)n3ccccc3nc2n(C2CCCC2)c1=N. The molecule has 0 saturated heterocycles. The van der Waals surface area contributed by atoms with Crippen molar-refractivity contribution in [1.82, 2.24) is 19.3 Å². The van der Waals surface area contributed by atoms with E-state index in [0.29, 0.717) is 16.7 Å². The second kappa shape index (κ2) is 6.58. The van der Waals surface area contributed by atoms with Crippen LogP contribution in [-0.4, -0.2) is 25.4 Å². The lowest BCUT2D eigenvalue weighted by atomic mass is 10.1. The van der Waals surface area contributed by atoms with E-state index in [1.165, 1.54) is 10.5 Å². The molecule has 0 atom stereocenters. The topological polar surface area (TPSA) is 92.2 Å². The van der Waals surface area contributed by atoms with Crippen molar-refractivity contribution in [1.29, 1.82) is 5.41 Å². The van der Waals surface area contributed by atoms with Crippen molar-refractivity contribution < 1.29 is 4.79 Å². The molecule has 146 valence electrons. The summed E-state index contributed by atoms with van der Waals surface area (Å²) in [6.45, 7) is 5.68. The lowest BCUT2D eigenvalue weighted by molar-refractivity contribution is 0.0917. The first-order valence-corrected chi connectivity index (χ1v) is 9.70. The first-order valence-electron chi connectivity index (χ1n) is 9.70. The van der Waals surface area contributed by atoms with E-state index in [2.05, 4.69) is 5.32 Å². The largest absolute Gasteiger partial charge is 0.347 e. The average molecular weight is 379 g/mol. The van der Waals surface area contributed by atoms with Gasteiger partial charge < -0.3 is 9.88 Å². The number of hydrogen-bond acceptors (Lipinski definition) is 4. The normalized spacial score (nSPS) is 15.4. The van der Waals surface area contributed by atoms with Gasteiger partial charge in [-0.1, -0.05) is 18.9 Å². The Morgan fingerprint density at radius 3 is 2.64 bits per heavy atom. The minimum atomic E-state index is -0.437. The molecule has 1 aliphatic rings. The van der Waals surface area contributed by atoms with Crippen LogP contribution in [0.3, 0.4) is 0 Å². The van der Waals surface area contributed by atoms with Crippen LogP contribution in [-0.2, 0) is 0 Å². The van der Waals surface area contributed by atoms with Gasteiger partial charge in [-0.25, -0.2) is 4.98 Å². The van der Waals surface area contributed by atoms with Gasteiger partial charge in [0.2, 0.25) is 0 Å². The third kappa shape index (κ3) is 3.10. The van der Waals surface area contributed by atoms with Gasteiger partial charge in [0.05, 0.1) is 10.9 Å². The fourth-order valence-electron chi connectivity index (χ4n) is 3.95. The van der Waals surface area contributed by atoms with Crippen molar-refractivity contribution in [2.45, 2.75) is 58.0 Å². The van der Waals surface area contributed by atoms with Gasteiger partial charge in [-0.2, -0.15) is 0 Å². The molecule has 0 bridgehead atoms. The van der Waals surface area contributed by atoms with Crippen molar-refractivity contribution in [2.24, 2.45) is 0 Å². The van der Waals surface area contributed by atoms with Crippen LogP contribution in [0.2, 0.25) is 0 Å². The van der Waals surface area contributed by atoms with E-state index in [1.54, 1.807) is 22.9 Å². The third-order valence-electron chi connectivity index (χ3n) is 5.18. The maximum absolute atomic E-state index is 13.1. The molecule has 0 aromatic carbocycles. The highest BCUT2D eigenvalue weighted by Gasteiger charge is 2.25. The van der Waals surface area contributed by atoms with E-state index in [-0.39, 0.29) is 28.6 Å². The van der Waals surface area contributed by atoms with E-state index >= 15 is 0 Å². The summed E-state index contributed by atoms with van der Waals surface area (Å²) in [6, 6.07) is 7.00. The molecule has 1 amide bonds. The zero-order chi connectivity index (χ0) is 20.1. The van der Waals surface area contributed by atoms with Gasteiger partial charge >= 0.3 is 0 Å². The van der Waals surface area contributed by atoms with Crippen LogP contribution in [0.4, 0.5) is 0 Å². The lowest BCUT2D eigenvalue weighted by Gasteiger charge is -2.23. The summed E-state index contributed by atoms with van der Waals surface area (Å²) in [4.78, 5) is 30.7. The van der Waals surface area contributed by atoms with Crippen LogP contribution in [0.15, 0.2) is 35.3 Å². The van der Waals surface area contributed by atoms with Crippen LogP contribution in [0, 0.1) is 5.41 Å². The van der Waals surface area contributed by atoms with Crippen molar-refractivity contribution >= 4 is 22.6 Å². The Bertz CT molecular complexity index is 1190. The van der Waals surface area contributed by atoms with Crippen LogP contribution in [0.25, 0.3) is 16.7 Å². The van der Waals surface area contributed by atoms with Crippen LogP contribution >= 0.6 is 0 Å². The number of carbonyl (C=O) groups is 1. The number of fused-ring (bicyclic) bond motifs is 2. The molecular weight excluding hydrogens is 354 g/mol. The molecular formula is C21H25N5O2. The first-order chi connectivity index (χ1) is 13.3. The van der Waals surface area contributed by atoms with Crippen molar-refractivity contribution in [3.8, 4) is 0 Å². The summed E-state index contributed by atoms with van der Waals surface area (Å²) >= 11 is 0. The van der Waals surface area contributed by atoms with E-state index in [0.717, 1.165) is 25.7 Å². The Kier molecular flexibility index (Phi) is 4.33. The number of pyridine rings is 2. The molecule has 0 spiro atoms. The predicted octanol–water partition coefficient (Wildman–Crippen LogP) is 2.77. The molecule has 7 nitrogen and oxygen atoms in total. The number of carbonyl (C=O) groups excluding carboxylic acids is 1. The number of amides is 1. The standard InChI is InChI=1S/C21H25N5O2/c1-21(2,3)24-19(27)14-12-15-18(26(17(14)22)13-8-4-5-9-13)23-16-10-6-7-11-25(16)20(15)28/h6-7,10-13,22H,4-5,8-9H2,1-3H3,(H,24,27). The van der Waals surface area contributed by atoms with E-state index < -0.39 is 5.54 Å². The minimum absolute atomic E-state index is 0.0791. The van der Waals surface area contributed by atoms with Crippen molar-refractivity contribution in [3.05, 3.63) is 51.9 Å². The van der Waals surface area contributed by atoms with Crippen molar-refractivity contribution in [3.63, 3.8) is 0 Å². The summed E-state index contributed by atoms with van der Waals surface area (Å²) < 4.78 is 3.28. The summed E-state index contributed by atoms with van der Waals surface area (Å²) in [5.74, 6) is -0.344. The Morgan fingerprint density at radius 1 is 1.25 bits per heavy atom. The first kappa shape index (κ1) is 18.4. The van der Waals surface area contributed by atoms with Crippen molar-refractivity contribution in [2.75, 3.05) is 0 Å². The van der Waals surface area contributed by atoms with Gasteiger partial charge in [0.1, 0.15) is 16.8 Å². The highest BCUT2D eigenvalue weighted by atomic mass is 16.2. The fourth-order valence-corrected chi connectivity index (χ4v) is 3.95. The Balaban J connectivity index is 2.07. The van der Waals surface area contributed by atoms with Gasteiger partial charge in [0.15, 0.2) is 0 Å². The number of hydrogen-bond donors (Lipinski definition) is 2. The van der Waals surface area contributed by atoms with Gasteiger partial charge in [0, 0.05) is 17.8 Å². The molecule has 7 heteroatoms. The maximum atomic E-state index is 13.1. The Morgan fingerprint density at radius 2 is 1.96 bits per heavy atom. The van der Waals surface area contributed by atoms with Crippen LogP contribution in [0.1, 0.15) is 62.9 Å². The van der Waals surface area contributed by atoms with E-state index in [1.807, 2.05) is 26.8 Å². The molecule has 1 saturated carbocycles. The fraction of sp³-hybridized carbons (Fsp3) is 0.429. The monoisotopic (exact) mass is 379 g/mol. The van der Waals surface area contributed by atoms with Crippen LogP contribution in [0.5, 0.6) is 0 Å². The maximum Gasteiger partial charge on any atom is 0.267 e. The summed E-state index contributed by atoms with van der Waals surface area (Å²) in [5.41, 5.74) is 0.695. The lowest BCUT2D eigenvalue weighted by Crippen LogP contribution is -2.44. The molecule has 4 rings (SSSR count). The van der Waals surface area contributed by atoms with E-state index in [9.17, 15) is 9.59 Å². The smallest absolute Gasteiger partial charge is 0.267 e. The zero-order valence-electron chi connectivity index (χ0n) is 16.5. The molecule has 1 fully saturated rings. The quantitative estimate of drug-likeness (QED) is 0.671. The molecule has 0 unspecified atom stereocenters. The molecule has 2 N–H and O–H groups in total. The van der Waals surface area contributed by atoms with Crippen LogP contribution < -0.4 is 16.4 Å². The highest BCUT2D eigenvalue weighted by Crippen LogP contribution is 2.30. The highest BCUT2D eigenvalue weighted by molar-refractivity contribution is 5.97.